The van der Waals surface area contributed by atoms with Crippen LogP contribution in [0.25, 0.3) is 5.65 Å². The molecule has 0 aliphatic heterocycles. The van der Waals surface area contributed by atoms with Gasteiger partial charge in [-0.25, -0.2) is 4.52 Å². The van der Waals surface area contributed by atoms with E-state index >= 15 is 0 Å². The summed E-state index contributed by atoms with van der Waals surface area (Å²) in [7, 11) is 1.63. The Kier molecular flexibility index (Phi) is 3.89. The van der Waals surface area contributed by atoms with Gasteiger partial charge in [0.15, 0.2) is 5.65 Å². The van der Waals surface area contributed by atoms with Crippen molar-refractivity contribution in [3.63, 3.8) is 0 Å². The fourth-order valence-corrected chi connectivity index (χ4v) is 1.63. The van der Waals surface area contributed by atoms with Gasteiger partial charge in [-0.2, -0.15) is 4.98 Å². The van der Waals surface area contributed by atoms with Crippen molar-refractivity contribution < 1.29 is 9.84 Å². The Labute approximate surface area is 99.2 Å². The number of nitrogens with one attached hydrogen (secondary N) is 1. The quantitative estimate of drug-likeness (QED) is 0.766. The van der Waals surface area contributed by atoms with Crippen molar-refractivity contribution in [1.29, 1.82) is 0 Å². The first-order valence-electron chi connectivity index (χ1n) is 5.51. The molecule has 0 fully saturated rings. The van der Waals surface area contributed by atoms with Crippen LogP contribution in [0.1, 0.15) is 6.42 Å². The molecule has 0 radical (unpaired) electrons. The number of hydrogen-bond acceptors (Lipinski definition) is 5. The fraction of sp³-hybridized carbons (Fsp3) is 0.455. The second-order valence-electron chi connectivity index (χ2n) is 3.75. The number of aliphatic hydroxyl groups excluding tert-OH is 1. The van der Waals surface area contributed by atoms with Crippen molar-refractivity contribution in [1.82, 2.24) is 14.6 Å². The molecule has 6 nitrogen and oxygen atoms in total. The van der Waals surface area contributed by atoms with E-state index in [2.05, 4.69) is 15.4 Å². The summed E-state index contributed by atoms with van der Waals surface area (Å²) in [5.74, 6) is 0.548. The minimum absolute atomic E-state index is 0.0161. The number of fused-ring (bicyclic) bond motifs is 1. The van der Waals surface area contributed by atoms with Crippen LogP contribution in [0, 0.1) is 0 Å². The SMILES string of the molecule is COCC(CCO)Nc1nc2ccccn2n1. The van der Waals surface area contributed by atoms with Gasteiger partial charge in [-0.15, -0.1) is 5.10 Å². The third-order valence-corrected chi connectivity index (χ3v) is 2.42. The third kappa shape index (κ3) is 2.92. The summed E-state index contributed by atoms with van der Waals surface area (Å²) in [6, 6.07) is 5.71. The smallest absolute Gasteiger partial charge is 0.243 e. The summed E-state index contributed by atoms with van der Waals surface area (Å²) in [5, 5.41) is 16.4. The Hall–Kier alpha value is -1.66. The molecule has 17 heavy (non-hydrogen) atoms. The average Bonchev–Trinajstić information content (AvgIpc) is 2.71. The summed E-state index contributed by atoms with van der Waals surface area (Å²) in [5.41, 5.74) is 0.787. The van der Waals surface area contributed by atoms with E-state index in [1.165, 1.54) is 0 Å². The Balaban J connectivity index is 2.10. The highest BCUT2D eigenvalue weighted by Crippen LogP contribution is 2.07. The molecule has 2 aromatic rings. The number of methoxy groups -OCH3 is 1. The van der Waals surface area contributed by atoms with Gasteiger partial charge in [0.25, 0.3) is 0 Å². The lowest BCUT2D eigenvalue weighted by atomic mass is 10.2. The molecular weight excluding hydrogens is 220 g/mol. The maximum atomic E-state index is 8.94. The van der Waals surface area contributed by atoms with Gasteiger partial charge in [-0.3, -0.25) is 0 Å². The summed E-state index contributed by atoms with van der Waals surface area (Å²) in [6.45, 7) is 0.616. The summed E-state index contributed by atoms with van der Waals surface area (Å²) in [6.07, 6.45) is 2.44. The zero-order chi connectivity index (χ0) is 12.1. The molecule has 1 atom stereocenters. The standard InChI is InChI=1S/C11H16N4O2/c1-17-8-9(5-7-16)12-11-13-10-4-2-3-6-15(10)14-11/h2-4,6,9,16H,5,7-8H2,1H3,(H,12,14). The van der Waals surface area contributed by atoms with E-state index in [9.17, 15) is 0 Å². The number of ether oxygens (including phenoxy) is 1. The predicted octanol–water partition coefficient (Wildman–Crippen LogP) is 0.539. The number of rotatable bonds is 6. The van der Waals surface area contributed by atoms with E-state index in [-0.39, 0.29) is 12.6 Å². The molecule has 2 aromatic heterocycles. The Morgan fingerprint density at radius 1 is 1.53 bits per heavy atom. The molecule has 0 aliphatic carbocycles. The number of aliphatic hydroxyl groups is 1. The first-order chi connectivity index (χ1) is 8.33. The highest BCUT2D eigenvalue weighted by molar-refractivity contribution is 5.43. The first kappa shape index (κ1) is 11.8. The molecule has 0 aliphatic rings. The summed E-state index contributed by atoms with van der Waals surface area (Å²) >= 11 is 0. The van der Waals surface area contributed by atoms with Crippen molar-refractivity contribution in [2.24, 2.45) is 0 Å². The first-order valence-corrected chi connectivity index (χ1v) is 5.51. The molecule has 0 amide bonds. The van der Waals surface area contributed by atoms with Crippen molar-refractivity contribution in [3.8, 4) is 0 Å². The maximum Gasteiger partial charge on any atom is 0.243 e. The zero-order valence-corrected chi connectivity index (χ0v) is 9.71. The maximum absolute atomic E-state index is 8.94. The predicted molar refractivity (Wildman–Crippen MR) is 64.0 cm³/mol. The molecule has 1 unspecified atom stereocenters. The summed E-state index contributed by atoms with van der Waals surface area (Å²) in [4.78, 5) is 4.32. The van der Waals surface area contributed by atoms with Gasteiger partial charge in [0, 0.05) is 19.9 Å². The van der Waals surface area contributed by atoms with Crippen molar-refractivity contribution in [2.75, 3.05) is 25.6 Å². The van der Waals surface area contributed by atoms with Crippen LogP contribution in [-0.4, -0.2) is 46.1 Å². The largest absolute Gasteiger partial charge is 0.396 e. The van der Waals surface area contributed by atoms with Gasteiger partial charge in [-0.1, -0.05) is 6.07 Å². The van der Waals surface area contributed by atoms with E-state index in [1.807, 2.05) is 24.4 Å². The van der Waals surface area contributed by atoms with Crippen molar-refractivity contribution in [2.45, 2.75) is 12.5 Å². The normalized spacial score (nSPS) is 12.8. The van der Waals surface area contributed by atoms with Crippen molar-refractivity contribution >= 4 is 11.6 Å². The minimum atomic E-state index is 0.0161. The molecule has 2 N–H and O–H groups in total. The molecule has 0 saturated carbocycles. The van der Waals surface area contributed by atoms with Crippen LogP contribution in [-0.2, 0) is 4.74 Å². The van der Waals surface area contributed by atoms with Crippen LogP contribution in [0.15, 0.2) is 24.4 Å². The molecular formula is C11H16N4O2. The minimum Gasteiger partial charge on any atom is -0.396 e. The molecule has 0 saturated heterocycles. The van der Waals surface area contributed by atoms with Crippen LogP contribution in [0.5, 0.6) is 0 Å². The molecule has 2 rings (SSSR count). The van der Waals surface area contributed by atoms with Gasteiger partial charge in [0.1, 0.15) is 0 Å². The Bertz CT molecular complexity index is 432. The molecule has 6 heteroatoms. The Morgan fingerprint density at radius 2 is 2.41 bits per heavy atom. The molecule has 92 valence electrons. The van der Waals surface area contributed by atoms with Crippen LogP contribution in [0.2, 0.25) is 0 Å². The van der Waals surface area contributed by atoms with E-state index in [4.69, 9.17) is 9.84 Å². The van der Waals surface area contributed by atoms with E-state index in [0.717, 1.165) is 5.65 Å². The van der Waals surface area contributed by atoms with Gasteiger partial charge in [0.05, 0.1) is 12.6 Å². The van der Waals surface area contributed by atoms with Gasteiger partial charge in [-0.05, 0) is 18.6 Å². The zero-order valence-electron chi connectivity index (χ0n) is 9.71. The topological polar surface area (TPSA) is 71.7 Å². The van der Waals surface area contributed by atoms with Gasteiger partial charge in [0.2, 0.25) is 5.95 Å². The van der Waals surface area contributed by atoms with Crippen LogP contribution < -0.4 is 5.32 Å². The van der Waals surface area contributed by atoms with Gasteiger partial charge >= 0.3 is 0 Å². The number of anilines is 1. The van der Waals surface area contributed by atoms with E-state index < -0.39 is 0 Å². The number of nitrogens with zero attached hydrogens (tertiary/aromatic N) is 3. The lowest BCUT2D eigenvalue weighted by molar-refractivity contribution is 0.170. The molecule has 0 spiro atoms. The van der Waals surface area contributed by atoms with E-state index in [0.29, 0.717) is 19.0 Å². The second-order valence-corrected chi connectivity index (χ2v) is 3.75. The monoisotopic (exact) mass is 236 g/mol. The van der Waals surface area contributed by atoms with Gasteiger partial charge < -0.3 is 15.2 Å². The van der Waals surface area contributed by atoms with Crippen LogP contribution in [0.4, 0.5) is 5.95 Å². The Morgan fingerprint density at radius 3 is 3.12 bits per heavy atom. The number of aromatic nitrogens is 3. The van der Waals surface area contributed by atoms with Crippen LogP contribution in [0.3, 0.4) is 0 Å². The van der Waals surface area contributed by atoms with E-state index in [1.54, 1.807) is 11.6 Å². The number of pyridine rings is 1. The lowest BCUT2D eigenvalue weighted by Gasteiger charge is -2.14. The second kappa shape index (κ2) is 5.60. The fourth-order valence-electron chi connectivity index (χ4n) is 1.63. The average molecular weight is 236 g/mol. The molecule has 2 heterocycles. The lowest BCUT2D eigenvalue weighted by Crippen LogP contribution is -2.26. The van der Waals surface area contributed by atoms with Crippen LogP contribution >= 0.6 is 0 Å². The highest BCUT2D eigenvalue weighted by atomic mass is 16.5. The number of hydrogen-bond donors (Lipinski definition) is 2. The third-order valence-electron chi connectivity index (χ3n) is 2.42. The molecule has 0 bridgehead atoms. The highest BCUT2D eigenvalue weighted by Gasteiger charge is 2.10. The summed E-state index contributed by atoms with van der Waals surface area (Å²) < 4.78 is 6.77. The van der Waals surface area contributed by atoms with Crippen molar-refractivity contribution in [3.05, 3.63) is 24.4 Å². The molecule has 0 aromatic carbocycles.